The third-order valence-corrected chi connectivity index (χ3v) is 4.72. The van der Waals surface area contributed by atoms with E-state index in [9.17, 15) is 9.59 Å². The molecule has 0 aliphatic carbocycles. The standard InChI is InChI=1S/C22H25N5O3/c1-15-5-8-18(9-6-15)22-23-25-27(24-22)13-21(29)30-14-20(28)26(4)12-19-10-7-16(2)11-17(19)3/h5-11H,12-14H2,1-4H3. The summed E-state index contributed by atoms with van der Waals surface area (Å²) < 4.78 is 5.09. The van der Waals surface area contributed by atoms with Gasteiger partial charge in [-0.2, -0.15) is 4.80 Å². The molecule has 156 valence electrons. The molecule has 8 nitrogen and oxygen atoms in total. The molecule has 0 fully saturated rings. The van der Waals surface area contributed by atoms with Gasteiger partial charge in [0.05, 0.1) is 0 Å². The number of nitrogens with zero attached hydrogens (tertiary/aromatic N) is 5. The van der Waals surface area contributed by atoms with E-state index in [-0.39, 0.29) is 19.1 Å². The lowest BCUT2D eigenvalue weighted by atomic mass is 10.1. The van der Waals surface area contributed by atoms with E-state index in [1.165, 1.54) is 10.5 Å². The van der Waals surface area contributed by atoms with Crippen LogP contribution < -0.4 is 0 Å². The number of amides is 1. The van der Waals surface area contributed by atoms with Crippen molar-refractivity contribution in [3.8, 4) is 11.4 Å². The van der Waals surface area contributed by atoms with Crippen LogP contribution in [-0.4, -0.2) is 50.6 Å². The molecule has 0 unspecified atom stereocenters. The molecule has 3 rings (SSSR count). The highest BCUT2D eigenvalue weighted by Crippen LogP contribution is 2.14. The number of hydrogen-bond donors (Lipinski definition) is 0. The largest absolute Gasteiger partial charge is 0.454 e. The summed E-state index contributed by atoms with van der Waals surface area (Å²) in [5, 5.41) is 12.0. The summed E-state index contributed by atoms with van der Waals surface area (Å²) in [5.41, 5.74) is 5.28. The highest BCUT2D eigenvalue weighted by atomic mass is 16.5. The molecule has 0 atom stereocenters. The van der Waals surface area contributed by atoms with E-state index in [1.807, 2.05) is 57.2 Å². The average molecular weight is 407 g/mol. The zero-order valence-electron chi connectivity index (χ0n) is 17.6. The molecule has 0 N–H and O–H groups in total. The number of esters is 1. The van der Waals surface area contributed by atoms with E-state index in [1.54, 1.807) is 7.05 Å². The smallest absolute Gasteiger partial charge is 0.330 e. The van der Waals surface area contributed by atoms with Crippen LogP contribution in [-0.2, 0) is 27.4 Å². The van der Waals surface area contributed by atoms with E-state index < -0.39 is 5.97 Å². The summed E-state index contributed by atoms with van der Waals surface area (Å²) >= 11 is 0. The maximum absolute atomic E-state index is 12.3. The van der Waals surface area contributed by atoms with Gasteiger partial charge < -0.3 is 9.64 Å². The Balaban J connectivity index is 1.49. The Hall–Kier alpha value is -3.55. The molecule has 0 spiro atoms. The molecule has 0 radical (unpaired) electrons. The number of likely N-dealkylation sites (N-methyl/N-ethyl adjacent to an activating group) is 1. The lowest BCUT2D eigenvalue weighted by Gasteiger charge is -2.18. The predicted molar refractivity (Wildman–Crippen MR) is 111 cm³/mol. The van der Waals surface area contributed by atoms with Crippen LogP contribution in [0.3, 0.4) is 0 Å². The highest BCUT2D eigenvalue weighted by Gasteiger charge is 2.15. The van der Waals surface area contributed by atoms with Gasteiger partial charge in [-0.15, -0.1) is 10.2 Å². The van der Waals surface area contributed by atoms with Crippen LogP contribution in [0.2, 0.25) is 0 Å². The Morgan fingerprint density at radius 1 is 1.03 bits per heavy atom. The summed E-state index contributed by atoms with van der Waals surface area (Å²) in [5.74, 6) is -0.460. The summed E-state index contributed by atoms with van der Waals surface area (Å²) in [7, 11) is 1.68. The van der Waals surface area contributed by atoms with Crippen molar-refractivity contribution in [2.75, 3.05) is 13.7 Å². The Morgan fingerprint density at radius 2 is 1.73 bits per heavy atom. The molecule has 3 aromatic rings. The van der Waals surface area contributed by atoms with Crippen molar-refractivity contribution in [1.82, 2.24) is 25.1 Å². The van der Waals surface area contributed by atoms with Gasteiger partial charge in [0.2, 0.25) is 5.82 Å². The highest BCUT2D eigenvalue weighted by molar-refractivity contribution is 5.80. The van der Waals surface area contributed by atoms with Crippen LogP contribution in [0.4, 0.5) is 0 Å². The van der Waals surface area contributed by atoms with Gasteiger partial charge in [0.15, 0.2) is 13.2 Å². The van der Waals surface area contributed by atoms with Gasteiger partial charge in [-0.1, -0.05) is 53.6 Å². The molecule has 1 amide bonds. The lowest BCUT2D eigenvalue weighted by Crippen LogP contribution is -2.31. The van der Waals surface area contributed by atoms with Crippen molar-refractivity contribution in [3.63, 3.8) is 0 Å². The van der Waals surface area contributed by atoms with Crippen LogP contribution in [0.15, 0.2) is 42.5 Å². The van der Waals surface area contributed by atoms with E-state index >= 15 is 0 Å². The number of aryl methyl sites for hydroxylation is 3. The zero-order chi connectivity index (χ0) is 21.7. The monoisotopic (exact) mass is 407 g/mol. The van der Waals surface area contributed by atoms with Crippen LogP contribution in [0.5, 0.6) is 0 Å². The minimum absolute atomic E-state index is 0.215. The van der Waals surface area contributed by atoms with Crippen LogP contribution >= 0.6 is 0 Å². The fourth-order valence-electron chi connectivity index (χ4n) is 2.91. The van der Waals surface area contributed by atoms with E-state index in [0.717, 1.165) is 27.1 Å². The first-order chi connectivity index (χ1) is 14.3. The molecule has 30 heavy (non-hydrogen) atoms. The predicted octanol–water partition coefficient (Wildman–Crippen LogP) is 2.47. The maximum atomic E-state index is 12.3. The Bertz CT molecular complexity index is 1040. The van der Waals surface area contributed by atoms with Gasteiger partial charge in [-0.25, -0.2) is 4.79 Å². The number of tetrazole rings is 1. The lowest BCUT2D eigenvalue weighted by molar-refractivity contribution is -0.152. The van der Waals surface area contributed by atoms with Crippen molar-refractivity contribution in [1.29, 1.82) is 0 Å². The van der Waals surface area contributed by atoms with Gasteiger partial charge in [0, 0.05) is 19.2 Å². The fraction of sp³-hybridized carbons (Fsp3) is 0.318. The molecule has 0 saturated carbocycles. The molecule has 1 heterocycles. The zero-order valence-corrected chi connectivity index (χ0v) is 17.6. The van der Waals surface area contributed by atoms with Crippen LogP contribution in [0.25, 0.3) is 11.4 Å². The van der Waals surface area contributed by atoms with Gasteiger partial charge >= 0.3 is 5.97 Å². The van der Waals surface area contributed by atoms with Crippen molar-refractivity contribution in [2.45, 2.75) is 33.9 Å². The second-order valence-electron chi connectivity index (χ2n) is 7.35. The van der Waals surface area contributed by atoms with E-state index in [0.29, 0.717) is 12.4 Å². The molecule has 8 heteroatoms. The number of rotatable bonds is 7. The third-order valence-electron chi connectivity index (χ3n) is 4.72. The van der Waals surface area contributed by atoms with Crippen molar-refractivity contribution < 1.29 is 14.3 Å². The minimum Gasteiger partial charge on any atom is -0.454 e. The molecule has 1 aromatic heterocycles. The number of ether oxygens (including phenoxy) is 1. The van der Waals surface area contributed by atoms with Crippen molar-refractivity contribution >= 4 is 11.9 Å². The molecular weight excluding hydrogens is 382 g/mol. The quantitative estimate of drug-likeness (QED) is 0.559. The normalized spacial score (nSPS) is 10.7. The summed E-state index contributed by atoms with van der Waals surface area (Å²) in [4.78, 5) is 27.0. The Labute approximate surface area is 175 Å². The Kier molecular flexibility index (Phi) is 6.56. The van der Waals surface area contributed by atoms with Gasteiger partial charge in [0.25, 0.3) is 5.91 Å². The summed E-state index contributed by atoms with van der Waals surface area (Å²) in [6, 6.07) is 13.8. The third kappa shape index (κ3) is 5.50. The topological polar surface area (TPSA) is 90.2 Å². The number of benzene rings is 2. The number of carbonyl (C=O) groups is 2. The molecule has 0 bridgehead atoms. The van der Waals surface area contributed by atoms with Crippen LogP contribution in [0, 0.1) is 20.8 Å². The van der Waals surface area contributed by atoms with Crippen molar-refractivity contribution in [2.24, 2.45) is 0 Å². The van der Waals surface area contributed by atoms with E-state index in [2.05, 4.69) is 21.5 Å². The summed E-state index contributed by atoms with van der Waals surface area (Å²) in [6.07, 6.45) is 0. The average Bonchev–Trinajstić information content (AvgIpc) is 3.17. The van der Waals surface area contributed by atoms with Gasteiger partial charge in [-0.05, 0) is 37.1 Å². The molecule has 0 aliphatic heterocycles. The first kappa shape index (κ1) is 21.2. The molecular formula is C22H25N5O3. The number of aromatic nitrogens is 4. The number of hydrogen-bond acceptors (Lipinski definition) is 6. The van der Waals surface area contributed by atoms with Crippen molar-refractivity contribution in [3.05, 3.63) is 64.7 Å². The first-order valence-corrected chi connectivity index (χ1v) is 9.62. The SMILES string of the molecule is Cc1ccc(-c2nnn(CC(=O)OCC(=O)N(C)Cc3ccc(C)cc3C)n2)cc1. The maximum Gasteiger partial charge on any atom is 0.330 e. The molecule has 2 aromatic carbocycles. The Morgan fingerprint density at radius 3 is 2.43 bits per heavy atom. The van der Waals surface area contributed by atoms with Gasteiger partial charge in [-0.3, -0.25) is 4.79 Å². The molecule has 0 saturated heterocycles. The molecule has 0 aliphatic rings. The second kappa shape index (κ2) is 9.30. The van der Waals surface area contributed by atoms with Gasteiger partial charge in [0.1, 0.15) is 0 Å². The first-order valence-electron chi connectivity index (χ1n) is 9.62. The van der Waals surface area contributed by atoms with E-state index in [4.69, 9.17) is 4.74 Å². The number of carbonyl (C=O) groups excluding carboxylic acids is 2. The second-order valence-corrected chi connectivity index (χ2v) is 7.35. The fourth-order valence-corrected chi connectivity index (χ4v) is 2.91. The van der Waals surface area contributed by atoms with Crippen LogP contribution in [0.1, 0.15) is 22.3 Å². The minimum atomic E-state index is -0.601. The summed E-state index contributed by atoms with van der Waals surface area (Å²) in [6.45, 7) is 5.93.